The molecule has 0 unspecified atom stereocenters. The van der Waals surface area contributed by atoms with Crippen LogP contribution in [0, 0.1) is 0 Å². The quantitative estimate of drug-likeness (QED) is 0.648. The van der Waals surface area contributed by atoms with Crippen LogP contribution in [0.3, 0.4) is 0 Å². The van der Waals surface area contributed by atoms with Crippen molar-refractivity contribution in [1.82, 2.24) is 0 Å². The molecule has 0 spiro atoms. The molecule has 2 aromatic rings. The van der Waals surface area contributed by atoms with Crippen LogP contribution in [0.5, 0.6) is 0 Å². The molecule has 1 heterocycles. The molecule has 4 heteroatoms. The van der Waals surface area contributed by atoms with Crippen LogP contribution in [-0.4, -0.2) is 0 Å². The van der Waals surface area contributed by atoms with E-state index >= 15 is 0 Å². The van der Waals surface area contributed by atoms with E-state index in [0.29, 0.717) is 10.0 Å². The van der Waals surface area contributed by atoms with Gasteiger partial charge in [-0.1, -0.05) is 40.9 Å². The average molecular weight is 264 g/mol. The number of thiophene rings is 1. The van der Waals surface area contributed by atoms with Crippen molar-refractivity contribution >= 4 is 46.1 Å². The van der Waals surface area contributed by atoms with Crippen LogP contribution in [-0.2, 0) is 0 Å². The number of rotatable bonds is 1. The first-order valence-corrected chi connectivity index (χ1v) is 5.82. The van der Waals surface area contributed by atoms with E-state index in [1.54, 1.807) is 6.07 Å². The Morgan fingerprint density at radius 1 is 0.929 bits per heavy atom. The fourth-order valence-corrected chi connectivity index (χ4v) is 2.80. The molecule has 0 aliphatic rings. The highest BCUT2D eigenvalue weighted by atomic mass is 35.5. The zero-order valence-electron chi connectivity index (χ0n) is 6.93. The molecule has 0 aliphatic carbocycles. The SMILES string of the molecule is Clc1ccc(-c2ccc(Cl)s2)c(Cl)c1. The van der Waals surface area contributed by atoms with Crippen molar-refractivity contribution in [1.29, 1.82) is 0 Å². The lowest BCUT2D eigenvalue weighted by molar-refractivity contribution is 1.69. The van der Waals surface area contributed by atoms with Crippen molar-refractivity contribution < 1.29 is 0 Å². The first-order chi connectivity index (χ1) is 6.66. The predicted molar refractivity (Wildman–Crippen MR) is 64.8 cm³/mol. The smallest absolute Gasteiger partial charge is 0.0934 e. The minimum Gasteiger partial charge on any atom is -0.123 e. The van der Waals surface area contributed by atoms with E-state index in [1.807, 2.05) is 24.3 Å². The van der Waals surface area contributed by atoms with Gasteiger partial charge in [0.1, 0.15) is 0 Å². The summed E-state index contributed by atoms with van der Waals surface area (Å²) in [5.41, 5.74) is 0.966. The number of benzene rings is 1. The molecule has 0 nitrogen and oxygen atoms in total. The summed E-state index contributed by atoms with van der Waals surface area (Å²) in [6, 6.07) is 9.24. The molecular formula is C10H5Cl3S. The van der Waals surface area contributed by atoms with Crippen LogP contribution in [0.2, 0.25) is 14.4 Å². The van der Waals surface area contributed by atoms with Crippen LogP contribution in [0.15, 0.2) is 30.3 Å². The normalized spacial score (nSPS) is 10.5. The third kappa shape index (κ3) is 2.06. The molecule has 72 valence electrons. The molecule has 0 N–H and O–H groups in total. The van der Waals surface area contributed by atoms with E-state index in [0.717, 1.165) is 14.8 Å². The third-order valence-corrected chi connectivity index (χ3v) is 3.58. The Bertz CT molecular complexity index is 462. The summed E-state index contributed by atoms with van der Waals surface area (Å²) < 4.78 is 0.756. The van der Waals surface area contributed by atoms with Crippen LogP contribution in [0.25, 0.3) is 10.4 Å². The maximum atomic E-state index is 6.05. The molecule has 0 atom stereocenters. The molecule has 1 aromatic carbocycles. The van der Waals surface area contributed by atoms with Crippen molar-refractivity contribution in [3.8, 4) is 10.4 Å². The minimum atomic E-state index is 0.640. The van der Waals surface area contributed by atoms with Gasteiger partial charge in [0.2, 0.25) is 0 Å². The highest BCUT2D eigenvalue weighted by Crippen LogP contribution is 2.36. The van der Waals surface area contributed by atoms with E-state index in [-0.39, 0.29) is 0 Å². The Hall–Kier alpha value is -0.210. The van der Waals surface area contributed by atoms with Crippen molar-refractivity contribution in [3.63, 3.8) is 0 Å². The fourth-order valence-electron chi connectivity index (χ4n) is 1.15. The molecule has 0 amide bonds. The topological polar surface area (TPSA) is 0 Å². The van der Waals surface area contributed by atoms with Gasteiger partial charge in [-0.15, -0.1) is 11.3 Å². The van der Waals surface area contributed by atoms with Crippen molar-refractivity contribution in [2.24, 2.45) is 0 Å². The van der Waals surface area contributed by atoms with Crippen LogP contribution >= 0.6 is 46.1 Å². The average Bonchev–Trinajstić information content (AvgIpc) is 2.51. The lowest BCUT2D eigenvalue weighted by Crippen LogP contribution is -1.74. The second-order valence-electron chi connectivity index (χ2n) is 2.73. The van der Waals surface area contributed by atoms with Gasteiger partial charge in [0.05, 0.1) is 9.36 Å². The Labute approximate surface area is 101 Å². The summed E-state index contributed by atoms with van der Waals surface area (Å²) >= 11 is 19.2. The summed E-state index contributed by atoms with van der Waals surface area (Å²) in [5, 5.41) is 1.29. The Kier molecular flexibility index (Phi) is 3.03. The number of hydrogen-bond acceptors (Lipinski definition) is 1. The largest absolute Gasteiger partial charge is 0.123 e. The molecular weight excluding hydrogens is 259 g/mol. The van der Waals surface area contributed by atoms with Crippen molar-refractivity contribution in [2.75, 3.05) is 0 Å². The summed E-state index contributed by atoms with van der Waals surface area (Å²) in [5.74, 6) is 0. The minimum absolute atomic E-state index is 0.640. The Balaban J connectivity index is 2.52. The van der Waals surface area contributed by atoms with Crippen LogP contribution in [0.1, 0.15) is 0 Å². The highest BCUT2D eigenvalue weighted by Gasteiger charge is 2.06. The molecule has 0 bridgehead atoms. The zero-order valence-corrected chi connectivity index (χ0v) is 10.0. The van der Waals surface area contributed by atoms with Crippen LogP contribution < -0.4 is 0 Å². The second-order valence-corrected chi connectivity index (χ2v) is 5.29. The zero-order chi connectivity index (χ0) is 10.1. The monoisotopic (exact) mass is 262 g/mol. The number of hydrogen-bond donors (Lipinski definition) is 0. The lowest BCUT2D eigenvalue weighted by atomic mass is 10.2. The summed E-state index contributed by atoms with van der Waals surface area (Å²) in [7, 11) is 0. The molecule has 14 heavy (non-hydrogen) atoms. The summed E-state index contributed by atoms with van der Waals surface area (Å²) in [4.78, 5) is 1.05. The van der Waals surface area contributed by atoms with Gasteiger partial charge >= 0.3 is 0 Å². The van der Waals surface area contributed by atoms with Gasteiger partial charge in [0.15, 0.2) is 0 Å². The molecule has 1 aromatic heterocycles. The highest BCUT2D eigenvalue weighted by molar-refractivity contribution is 7.19. The van der Waals surface area contributed by atoms with E-state index in [9.17, 15) is 0 Å². The maximum absolute atomic E-state index is 6.05. The maximum Gasteiger partial charge on any atom is 0.0934 e. The van der Waals surface area contributed by atoms with E-state index in [4.69, 9.17) is 34.8 Å². The Morgan fingerprint density at radius 2 is 1.71 bits per heavy atom. The van der Waals surface area contributed by atoms with Crippen molar-refractivity contribution in [3.05, 3.63) is 44.7 Å². The molecule has 2 rings (SSSR count). The lowest BCUT2D eigenvalue weighted by Gasteiger charge is -2.00. The van der Waals surface area contributed by atoms with Gasteiger partial charge in [-0.05, 0) is 24.3 Å². The van der Waals surface area contributed by atoms with Gasteiger partial charge < -0.3 is 0 Å². The molecule has 0 saturated carbocycles. The third-order valence-electron chi connectivity index (χ3n) is 1.77. The fraction of sp³-hybridized carbons (Fsp3) is 0. The van der Waals surface area contributed by atoms with E-state index in [2.05, 4.69) is 0 Å². The van der Waals surface area contributed by atoms with Gasteiger partial charge in [0, 0.05) is 15.5 Å². The van der Waals surface area contributed by atoms with E-state index in [1.165, 1.54) is 11.3 Å². The molecule has 0 fully saturated rings. The molecule has 0 aliphatic heterocycles. The summed E-state index contributed by atoms with van der Waals surface area (Å²) in [6.07, 6.45) is 0. The number of halogens is 3. The predicted octanol–water partition coefficient (Wildman–Crippen LogP) is 5.38. The second kappa shape index (κ2) is 4.11. The van der Waals surface area contributed by atoms with Gasteiger partial charge in [-0.25, -0.2) is 0 Å². The molecule has 0 saturated heterocycles. The van der Waals surface area contributed by atoms with E-state index < -0.39 is 0 Å². The van der Waals surface area contributed by atoms with Gasteiger partial charge in [-0.3, -0.25) is 0 Å². The summed E-state index contributed by atoms with van der Waals surface area (Å²) in [6.45, 7) is 0. The molecule has 0 radical (unpaired) electrons. The Morgan fingerprint density at radius 3 is 2.29 bits per heavy atom. The first-order valence-electron chi connectivity index (χ1n) is 3.87. The van der Waals surface area contributed by atoms with Crippen LogP contribution in [0.4, 0.5) is 0 Å². The van der Waals surface area contributed by atoms with Gasteiger partial charge in [-0.2, -0.15) is 0 Å². The van der Waals surface area contributed by atoms with Crippen molar-refractivity contribution in [2.45, 2.75) is 0 Å². The standard InChI is InChI=1S/C10H5Cl3S/c11-6-1-2-7(8(12)5-6)9-3-4-10(13)14-9/h1-5H. The first kappa shape index (κ1) is 10.3. The van der Waals surface area contributed by atoms with Gasteiger partial charge in [0.25, 0.3) is 0 Å².